The van der Waals surface area contributed by atoms with Gasteiger partial charge in [-0.2, -0.15) is 0 Å². The van der Waals surface area contributed by atoms with Crippen molar-refractivity contribution >= 4 is 11.8 Å². The zero-order chi connectivity index (χ0) is 22.6. The van der Waals surface area contributed by atoms with E-state index in [-0.39, 0.29) is 11.7 Å². The number of rotatable bonds is 5. The van der Waals surface area contributed by atoms with E-state index in [0.29, 0.717) is 11.3 Å². The fourth-order valence-electron chi connectivity index (χ4n) is 3.12. The molecule has 0 saturated carbocycles. The van der Waals surface area contributed by atoms with Crippen molar-refractivity contribution in [3.8, 4) is 22.4 Å². The minimum Gasteiger partial charge on any atom is -0.444 e. The minimum atomic E-state index is -0.566. The Morgan fingerprint density at radius 3 is 2.29 bits per heavy atom. The van der Waals surface area contributed by atoms with E-state index in [1.807, 2.05) is 82.3 Å². The monoisotopic (exact) mass is 419 g/mol. The van der Waals surface area contributed by atoms with Crippen LogP contribution in [0.5, 0.6) is 0 Å². The summed E-state index contributed by atoms with van der Waals surface area (Å²) >= 11 is 0. The molecule has 1 heterocycles. The fraction of sp³-hybridized carbons (Fsp3) is 0.250. The van der Waals surface area contributed by atoms with Crippen LogP contribution in [0.25, 0.3) is 22.4 Å². The number of hydrogen-bond acceptors (Lipinski definition) is 5. The molecule has 0 aliphatic heterocycles. The SMILES string of the molecule is C[C@@H](NC(=O)OC(C)(C)C)c1ccc(-c2ncc([N+](=O)[O-])cc2-c2ccccc2)cc1. The molecular formula is C24H25N3O4. The molecule has 31 heavy (non-hydrogen) atoms. The molecule has 0 aliphatic carbocycles. The molecule has 0 spiro atoms. The number of alkyl carbamates (subject to hydrolysis) is 1. The Labute approximate surface area is 181 Å². The molecule has 1 aromatic heterocycles. The van der Waals surface area contributed by atoms with Crippen LogP contribution in [0, 0.1) is 10.1 Å². The second-order valence-corrected chi connectivity index (χ2v) is 8.20. The van der Waals surface area contributed by atoms with Gasteiger partial charge in [-0.15, -0.1) is 0 Å². The zero-order valence-corrected chi connectivity index (χ0v) is 18.0. The predicted molar refractivity (Wildman–Crippen MR) is 120 cm³/mol. The van der Waals surface area contributed by atoms with Gasteiger partial charge in [0.15, 0.2) is 0 Å². The first kappa shape index (κ1) is 22.0. The molecule has 1 N–H and O–H groups in total. The summed E-state index contributed by atoms with van der Waals surface area (Å²) in [6.45, 7) is 7.31. The molecule has 0 saturated heterocycles. The summed E-state index contributed by atoms with van der Waals surface area (Å²) < 4.78 is 5.30. The summed E-state index contributed by atoms with van der Waals surface area (Å²) in [6, 6.07) is 18.3. The molecule has 0 aliphatic rings. The number of nitro groups is 1. The lowest BCUT2D eigenvalue weighted by Crippen LogP contribution is -2.34. The van der Waals surface area contributed by atoms with Gasteiger partial charge in [-0.1, -0.05) is 54.6 Å². The van der Waals surface area contributed by atoms with Crippen LogP contribution >= 0.6 is 0 Å². The Balaban J connectivity index is 1.89. The van der Waals surface area contributed by atoms with E-state index in [2.05, 4.69) is 10.3 Å². The first-order chi connectivity index (χ1) is 14.6. The molecule has 1 amide bonds. The molecular weight excluding hydrogens is 394 g/mol. The highest BCUT2D eigenvalue weighted by Gasteiger charge is 2.19. The van der Waals surface area contributed by atoms with Gasteiger partial charge in [0.1, 0.15) is 11.8 Å². The van der Waals surface area contributed by atoms with Gasteiger partial charge in [-0.25, -0.2) is 9.78 Å². The number of amides is 1. The van der Waals surface area contributed by atoms with Crippen molar-refractivity contribution < 1.29 is 14.5 Å². The smallest absolute Gasteiger partial charge is 0.408 e. The molecule has 7 nitrogen and oxygen atoms in total. The maximum atomic E-state index is 12.0. The van der Waals surface area contributed by atoms with Gasteiger partial charge in [-0.05, 0) is 38.8 Å². The van der Waals surface area contributed by atoms with Crippen molar-refractivity contribution in [2.75, 3.05) is 0 Å². The molecule has 3 aromatic rings. The molecule has 0 fully saturated rings. The average molecular weight is 419 g/mol. The zero-order valence-electron chi connectivity index (χ0n) is 18.0. The highest BCUT2D eigenvalue weighted by atomic mass is 16.6. The van der Waals surface area contributed by atoms with Gasteiger partial charge in [0.2, 0.25) is 0 Å². The normalized spacial score (nSPS) is 12.1. The van der Waals surface area contributed by atoms with Gasteiger partial charge >= 0.3 is 6.09 Å². The first-order valence-electron chi connectivity index (χ1n) is 9.94. The predicted octanol–water partition coefficient (Wildman–Crippen LogP) is 5.91. The maximum Gasteiger partial charge on any atom is 0.408 e. The van der Waals surface area contributed by atoms with Crippen LogP contribution in [0.4, 0.5) is 10.5 Å². The first-order valence-corrected chi connectivity index (χ1v) is 9.94. The van der Waals surface area contributed by atoms with E-state index in [9.17, 15) is 14.9 Å². The summed E-state index contributed by atoms with van der Waals surface area (Å²) in [6.07, 6.45) is 0.787. The fourth-order valence-corrected chi connectivity index (χ4v) is 3.12. The number of nitrogens with one attached hydrogen (secondary N) is 1. The highest BCUT2D eigenvalue weighted by Crippen LogP contribution is 2.33. The quantitative estimate of drug-likeness (QED) is 0.410. The molecule has 0 bridgehead atoms. The lowest BCUT2D eigenvalue weighted by molar-refractivity contribution is -0.385. The third kappa shape index (κ3) is 5.66. The van der Waals surface area contributed by atoms with Crippen LogP contribution in [-0.4, -0.2) is 21.6 Å². The lowest BCUT2D eigenvalue weighted by atomic mass is 9.97. The van der Waals surface area contributed by atoms with Gasteiger partial charge in [-0.3, -0.25) is 10.1 Å². The molecule has 3 rings (SSSR count). The van der Waals surface area contributed by atoms with Crippen molar-refractivity contribution in [2.45, 2.75) is 39.3 Å². The standard InChI is InChI=1S/C24H25N3O4/c1-16(26-23(28)31-24(2,3)4)17-10-12-19(13-11-17)22-21(18-8-6-5-7-9-18)14-20(15-25-22)27(29)30/h5-16H,1-4H3,(H,26,28)/t16-/m1/s1. The summed E-state index contributed by atoms with van der Waals surface area (Å²) in [4.78, 5) is 27.2. The van der Waals surface area contributed by atoms with E-state index in [1.165, 1.54) is 12.3 Å². The van der Waals surface area contributed by atoms with Crippen molar-refractivity contribution in [1.29, 1.82) is 0 Å². The van der Waals surface area contributed by atoms with Crippen molar-refractivity contribution in [2.24, 2.45) is 0 Å². The van der Waals surface area contributed by atoms with Crippen LogP contribution in [0.2, 0.25) is 0 Å². The minimum absolute atomic E-state index is 0.0607. The van der Waals surface area contributed by atoms with E-state index in [1.54, 1.807) is 0 Å². The molecule has 0 unspecified atom stereocenters. The lowest BCUT2D eigenvalue weighted by Gasteiger charge is -2.22. The molecule has 2 aromatic carbocycles. The van der Waals surface area contributed by atoms with E-state index in [0.717, 1.165) is 16.7 Å². The van der Waals surface area contributed by atoms with Gasteiger partial charge in [0, 0.05) is 17.2 Å². The largest absolute Gasteiger partial charge is 0.444 e. The topological polar surface area (TPSA) is 94.4 Å². The van der Waals surface area contributed by atoms with Crippen molar-refractivity contribution in [3.05, 3.63) is 82.5 Å². The van der Waals surface area contributed by atoms with Gasteiger partial charge in [0.25, 0.3) is 5.69 Å². The molecule has 7 heteroatoms. The third-order valence-corrected chi connectivity index (χ3v) is 4.59. The van der Waals surface area contributed by atoms with E-state index >= 15 is 0 Å². The molecule has 160 valence electrons. The van der Waals surface area contributed by atoms with Crippen molar-refractivity contribution in [3.63, 3.8) is 0 Å². The number of benzene rings is 2. The Bertz CT molecular complexity index is 1070. The molecule has 1 atom stereocenters. The van der Waals surface area contributed by atoms with Crippen LogP contribution in [-0.2, 0) is 4.74 Å². The van der Waals surface area contributed by atoms with Crippen LogP contribution in [0.15, 0.2) is 66.9 Å². The van der Waals surface area contributed by atoms with Crippen LogP contribution < -0.4 is 5.32 Å². The number of ether oxygens (including phenoxy) is 1. The second-order valence-electron chi connectivity index (χ2n) is 8.20. The number of aromatic nitrogens is 1. The highest BCUT2D eigenvalue weighted by molar-refractivity contribution is 5.82. The van der Waals surface area contributed by atoms with Gasteiger partial charge < -0.3 is 10.1 Å². The van der Waals surface area contributed by atoms with Crippen molar-refractivity contribution in [1.82, 2.24) is 10.3 Å². The van der Waals surface area contributed by atoms with E-state index in [4.69, 9.17) is 4.74 Å². The Morgan fingerprint density at radius 2 is 1.71 bits per heavy atom. The summed E-state index contributed by atoms with van der Waals surface area (Å²) in [5, 5.41) is 14.1. The average Bonchev–Trinajstić information content (AvgIpc) is 2.72. The number of carbonyl (C=O) groups excluding carboxylic acids is 1. The van der Waals surface area contributed by atoms with Gasteiger partial charge in [0.05, 0.1) is 16.7 Å². The Hall–Kier alpha value is -3.74. The van der Waals surface area contributed by atoms with Crippen LogP contribution in [0.3, 0.4) is 0 Å². The summed E-state index contributed by atoms with van der Waals surface area (Å²) in [5.41, 5.74) is 3.27. The Kier molecular flexibility index (Phi) is 6.34. The number of carbonyl (C=O) groups is 1. The summed E-state index contributed by atoms with van der Waals surface area (Å²) in [5.74, 6) is 0. The number of nitrogens with zero attached hydrogens (tertiary/aromatic N) is 2. The van der Waals surface area contributed by atoms with E-state index < -0.39 is 16.6 Å². The molecule has 0 radical (unpaired) electrons. The Morgan fingerprint density at radius 1 is 1.06 bits per heavy atom. The number of hydrogen-bond donors (Lipinski definition) is 1. The summed E-state index contributed by atoms with van der Waals surface area (Å²) in [7, 11) is 0. The maximum absolute atomic E-state index is 12.0. The van der Waals surface area contributed by atoms with Crippen LogP contribution in [0.1, 0.15) is 39.3 Å². The third-order valence-electron chi connectivity index (χ3n) is 4.59. The number of pyridine rings is 1. The second kappa shape index (κ2) is 8.95.